The Morgan fingerprint density at radius 3 is 2.50 bits per heavy atom. The number of hydrogen-bond donors (Lipinski definition) is 0. The molecule has 1 aliphatic rings. The van der Waals surface area contributed by atoms with Crippen molar-refractivity contribution < 1.29 is 4.74 Å². The molecule has 0 aliphatic carbocycles. The van der Waals surface area contributed by atoms with E-state index in [0.717, 1.165) is 44.4 Å². The van der Waals surface area contributed by atoms with Gasteiger partial charge in [-0.1, -0.05) is 91.0 Å². The first-order valence-corrected chi connectivity index (χ1v) is 11.3. The molecule has 0 fully saturated rings. The van der Waals surface area contributed by atoms with Crippen LogP contribution in [0.1, 0.15) is 28.2 Å². The SMILES string of the molecule is Cc1ccccc1-c1nc2c3c(ncn2n1)Oc1c(ccc2ccccc12)[C@@H]3c1ccccc1. The third-order valence-electron chi connectivity index (χ3n) is 6.61. The Hall–Kier alpha value is -4.51. The summed E-state index contributed by atoms with van der Waals surface area (Å²) in [5, 5.41) is 6.99. The van der Waals surface area contributed by atoms with Gasteiger partial charge in [-0.3, -0.25) is 0 Å². The van der Waals surface area contributed by atoms with Crippen molar-refractivity contribution in [2.75, 3.05) is 0 Å². The number of aromatic nitrogens is 4. The number of benzene rings is 4. The zero-order valence-electron chi connectivity index (χ0n) is 18.5. The summed E-state index contributed by atoms with van der Waals surface area (Å²) in [4.78, 5) is 9.70. The molecule has 34 heavy (non-hydrogen) atoms. The second-order valence-corrected chi connectivity index (χ2v) is 8.63. The van der Waals surface area contributed by atoms with E-state index in [1.54, 1.807) is 10.8 Å². The molecule has 5 nitrogen and oxygen atoms in total. The summed E-state index contributed by atoms with van der Waals surface area (Å²) in [6.45, 7) is 2.08. The first-order valence-electron chi connectivity index (χ1n) is 11.3. The van der Waals surface area contributed by atoms with Crippen LogP contribution in [0.4, 0.5) is 0 Å². The predicted molar refractivity (Wildman–Crippen MR) is 132 cm³/mol. The fraction of sp³-hybridized carbons (Fsp3) is 0.0690. The molecule has 0 spiro atoms. The number of rotatable bonds is 2. The van der Waals surface area contributed by atoms with E-state index in [1.165, 1.54) is 5.56 Å². The average molecular weight is 441 g/mol. The highest BCUT2D eigenvalue weighted by molar-refractivity contribution is 5.91. The van der Waals surface area contributed by atoms with Gasteiger partial charge in [-0.2, -0.15) is 0 Å². The molecule has 1 aliphatic heterocycles. The maximum atomic E-state index is 6.50. The van der Waals surface area contributed by atoms with Crippen LogP contribution in [0.2, 0.25) is 0 Å². The lowest BCUT2D eigenvalue weighted by molar-refractivity contribution is 0.437. The summed E-state index contributed by atoms with van der Waals surface area (Å²) in [6.07, 6.45) is 1.70. The van der Waals surface area contributed by atoms with Gasteiger partial charge >= 0.3 is 0 Å². The van der Waals surface area contributed by atoms with Gasteiger partial charge in [0.1, 0.15) is 12.1 Å². The standard InChI is InChI=1S/C29H20N4O/c1-18-9-5-7-13-21(18)27-31-28-25-24(20-11-3-2-4-12-20)23-16-15-19-10-6-8-14-22(19)26(23)34-29(25)30-17-33(28)32-27/h2-17,24H,1H3/t24-/m0/s1. The highest BCUT2D eigenvalue weighted by Crippen LogP contribution is 2.50. The first kappa shape index (κ1) is 19.0. The van der Waals surface area contributed by atoms with Crippen LogP contribution in [0.3, 0.4) is 0 Å². The summed E-state index contributed by atoms with van der Waals surface area (Å²) in [7, 11) is 0. The summed E-state index contributed by atoms with van der Waals surface area (Å²) in [5.41, 5.74) is 6.11. The summed E-state index contributed by atoms with van der Waals surface area (Å²) < 4.78 is 8.27. The smallest absolute Gasteiger partial charge is 0.228 e. The topological polar surface area (TPSA) is 52.3 Å². The Morgan fingerprint density at radius 2 is 1.62 bits per heavy atom. The molecule has 0 radical (unpaired) electrons. The van der Waals surface area contributed by atoms with Crippen molar-refractivity contribution >= 4 is 16.4 Å². The van der Waals surface area contributed by atoms with E-state index in [9.17, 15) is 0 Å². The van der Waals surface area contributed by atoms with E-state index in [0.29, 0.717) is 11.7 Å². The number of nitrogens with zero attached hydrogens (tertiary/aromatic N) is 4. The highest BCUT2D eigenvalue weighted by atomic mass is 16.5. The second-order valence-electron chi connectivity index (χ2n) is 8.63. The van der Waals surface area contributed by atoms with Gasteiger partial charge in [0.15, 0.2) is 11.5 Å². The average Bonchev–Trinajstić information content (AvgIpc) is 3.32. The van der Waals surface area contributed by atoms with Crippen LogP contribution in [0.15, 0.2) is 97.3 Å². The van der Waals surface area contributed by atoms with Crippen LogP contribution < -0.4 is 4.74 Å². The lowest BCUT2D eigenvalue weighted by atomic mass is 9.83. The Balaban J connectivity index is 1.53. The lowest BCUT2D eigenvalue weighted by Gasteiger charge is -2.28. The van der Waals surface area contributed by atoms with E-state index < -0.39 is 0 Å². The molecule has 7 rings (SSSR count). The molecule has 0 saturated heterocycles. The largest absolute Gasteiger partial charge is 0.438 e. The van der Waals surface area contributed by atoms with Gasteiger partial charge in [-0.05, 0) is 23.4 Å². The number of ether oxygens (including phenoxy) is 1. The Bertz CT molecular complexity index is 1700. The van der Waals surface area contributed by atoms with Gasteiger partial charge in [-0.15, -0.1) is 5.10 Å². The minimum absolute atomic E-state index is 0.0744. The van der Waals surface area contributed by atoms with Crippen LogP contribution in [-0.2, 0) is 0 Å². The van der Waals surface area contributed by atoms with E-state index in [4.69, 9.17) is 19.8 Å². The molecular formula is C29H20N4O. The molecule has 0 bridgehead atoms. The highest BCUT2D eigenvalue weighted by Gasteiger charge is 2.34. The van der Waals surface area contributed by atoms with Crippen molar-refractivity contribution in [1.82, 2.24) is 19.6 Å². The minimum Gasteiger partial charge on any atom is -0.438 e. The third kappa shape index (κ3) is 2.77. The van der Waals surface area contributed by atoms with Gasteiger partial charge in [-0.25, -0.2) is 14.5 Å². The predicted octanol–water partition coefficient (Wildman–Crippen LogP) is 6.54. The third-order valence-corrected chi connectivity index (χ3v) is 6.61. The molecule has 0 unspecified atom stereocenters. The van der Waals surface area contributed by atoms with E-state index in [1.807, 2.05) is 30.3 Å². The molecule has 0 amide bonds. The van der Waals surface area contributed by atoms with Gasteiger partial charge in [0.25, 0.3) is 0 Å². The van der Waals surface area contributed by atoms with Crippen molar-refractivity contribution in [3.63, 3.8) is 0 Å². The van der Waals surface area contributed by atoms with Gasteiger partial charge in [0.2, 0.25) is 5.88 Å². The van der Waals surface area contributed by atoms with E-state index in [2.05, 4.69) is 67.6 Å². The Kier molecular flexibility index (Phi) is 4.05. The zero-order valence-corrected chi connectivity index (χ0v) is 18.5. The summed E-state index contributed by atoms with van der Waals surface area (Å²) in [5.74, 6) is 2.04. The summed E-state index contributed by atoms with van der Waals surface area (Å²) >= 11 is 0. The molecule has 3 heterocycles. The van der Waals surface area contributed by atoms with Gasteiger partial charge < -0.3 is 4.74 Å². The zero-order chi connectivity index (χ0) is 22.6. The van der Waals surface area contributed by atoms with Crippen LogP contribution >= 0.6 is 0 Å². The molecule has 162 valence electrons. The van der Waals surface area contributed by atoms with Gasteiger partial charge in [0, 0.05) is 22.4 Å². The maximum Gasteiger partial charge on any atom is 0.228 e. The van der Waals surface area contributed by atoms with E-state index >= 15 is 0 Å². The lowest BCUT2D eigenvalue weighted by Crippen LogP contribution is -2.15. The minimum atomic E-state index is -0.0744. The maximum absolute atomic E-state index is 6.50. The van der Waals surface area contributed by atoms with E-state index in [-0.39, 0.29) is 5.92 Å². The van der Waals surface area contributed by atoms with Gasteiger partial charge in [0.05, 0.1) is 5.56 Å². The molecule has 6 aromatic rings. The number of hydrogen-bond acceptors (Lipinski definition) is 4. The van der Waals surface area contributed by atoms with Crippen molar-refractivity contribution in [3.8, 4) is 23.0 Å². The quantitative estimate of drug-likeness (QED) is 0.306. The normalized spacial score (nSPS) is 14.6. The first-order chi connectivity index (χ1) is 16.8. The fourth-order valence-electron chi connectivity index (χ4n) is 4.98. The Labute approximate surface area is 196 Å². The second kappa shape index (κ2) is 7.25. The molecule has 5 heteroatoms. The number of fused-ring (bicyclic) bond motifs is 6. The molecular weight excluding hydrogens is 420 g/mol. The van der Waals surface area contributed by atoms with Crippen LogP contribution in [0.5, 0.6) is 11.6 Å². The van der Waals surface area contributed by atoms with Crippen LogP contribution in [0.25, 0.3) is 27.8 Å². The van der Waals surface area contributed by atoms with Crippen molar-refractivity contribution in [3.05, 3.63) is 120 Å². The molecule has 4 aromatic carbocycles. The molecule has 1 atom stereocenters. The number of aryl methyl sites for hydroxylation is 1. The molecule has 0 N–H and O–H groups in total. The Morgan fingerprint density at radius 1 is 0.824 bits per heavy atom. The van der Waals surface area contributed by atoms with Crippen LogP contribution in [-0.4, -0.2) is 19.6 Å². The molecule has 0 saturated carbocycles. The van der Waals surface area contributed by atoms with Crippen LogP contribution in [0, 0.1) is 6.92 Å². The van der Waals surface area contributed by atoms with Crippen molar-refractivity contribution in [2.24, 2.45) is 0 Å². The molecule has 2 aromatic heterocycles. The summed E-state index contributed by atoms with van der Waals surface area (Å²) in [6, 6.07) is 31.3. The van der Waals surface area contributed by atoms with Crippen molar-refractivity contribution in [2.45, 2.75) is 12.8 Å². The van der Waals surface area contributed by atoms with Crippen molar-refractivity contribution in [1.29, 1.82) is 0 Å². The fourth-order valence-corrected chi connectivity index (χ4v) is 4.98. The monoisotopic (exact) mass is 440 g/mol.